The highest BCUT2D eigenvalue weighted by molar-refractivity contribution is 5.93. The summed E-state index contributed by atoms with van der Waals surface area (Å²) in [6.07, 6.45) is 8.58. The molecule has 2 fully saturated rings. The van der Waals surface area contributed by atoms with E-state index in [9.17, 15) is 19.2 Å². The normalized spacial score (nSPS) is 22.0. The van der Waals surface area contributed by atoms with Crippen LogP contribution in [0.25, 0.3) is 0 Å². The fourth-order valence-corrected chi connectivity index (χ4v) is 7.31. The predicted molar refractivity (Wildman–Crippen MR) is 183 cm³/mol. The van der Waals surface area contributed by atoms with Crippen molar-refractivity contribution in [3.05, 3.63) is 71.3 Å². The SMILES string of the molecule is CC[C@@H](C)C(=O)N[C@@H](CCCCNC(=O)CCc1ccccc1)C(=O)N1C[C@H]2CCCN2C[C@H]1C(=O)N[C@@H]1CCCc2ccccc21. The second-order valence-electron chi connectivity index (χ2n) is 13.7. The summed E-state index contributed by atoms with van der Waals surface area (Å²) in [7, 11) is 0. The average molecular weight is 644 g/mol. The van der Waals surface area contributed by atoms with Crippen molar-refractivity contribution in [1.29, 1.82) is 0 Å². The van der Waals surface area contributed by atoms with Crippen molar-refractivity contribution in [2.75, 3.05) is 26.2 Å². The van der Waals surface area contributed by atoms with Crippen LogP contribution in [-0.2, 0) is 32.0 Å². The van der Waals surface area contributed by atoms with E-state index in [0.29, 0.717) is 58.2 Å². The van der Waals surface area contributed by atoms with Gasteiger partial charge in [0.05, 0.1) is 6.04 Å². The Morgan fingerprint density at radius 1 is 0.936 bits per heavy atom. The molecule has 9 heteroatoms. The molecule has 0 radical (unpaired) electrons. The summed E-state index contributed by atoms with van der Waals surface area (Å²) in [6, 6.07) is 17.1. The monoisotopic (exact) mass is 643 g/mol. The highest BCUT2D eigenvalue weighted by Crippen LogP contribution is 2.31. The van der Waals surface area contributed by atoms with E-state index < -0.39 is 12.1 Å². The third kappa shape index (κ3) is 9.21. The fraction of sp³-hybridized carbons (Fsp3) is 0.579. The summed E-state index contributed by atoms with van der Waals surface area (Å²) >= 11 is 0. The number of carbonyl (C=O) groups excluding carboxylic acids is 4. The smallest absolute Gasteiger partial charge is 0.245 e. The Balaban J connectivity index is 1.22. The van der Waals surface area contributed by atoms with Gasteiger partial charge in [-0.05, 0) is 87.4 Å². The number of nitrogens with zero attached hydrogens (tertiary/aromatic N) is 2. The maximum absolute atomic E-state index is 14.4. The van der Waals surface area contributed by atoms with E-state index in [4.69, 9.17) is 0 Å². The molecule has 0 saturated carbocycles. The van der Waals surface area contributed by atoms with Crippen LogP contribution >= 0.6 is 0 Å². The number of piperazine rings is 1. The molecule has 9 nitrogen and oxygen atoms in total. The van der Waals surface area contributed by atoms with Gasteiger partial charge in [-0.25, -0.2) is 0 Å². The number of hydrogen-bond donors (Lipinski definition) is 3. The van der Waals surface area contributed by atoms with E-state index in [0.717, 1.165) is 44.2 Å². The van der Waals surface area contributed by atoms with Crippen molar-refractivity contribution in [2.45, 2.75) is 109 Å². The van der Waals surface area contributed by atoms with Crippen molar-refractivity contribution >= 4 is 23.6 Å². The van der Waals surface area contributed by atoms with E-state index in [1.807, 2.05) is 56.3 Å². The topological polar surface area (TPSA) is 111 Å². The maximum atomic E-state index is 14.4. The van der Waals surface area contributed by atoms with Gasteiger partial charge < -0.3 is 20.9 Å². The number of fused-ring (bicyclic) bond motifs is 2. The van der Waals surface area contributed by atoms with E-state index in [1.54, 1.807) is 4.90 Å². The third-order valence-electron chi connectivity index (χ3n) is 10.4. The largest absolute Gasteiger partial charge is 0.356 e. The molecule has 3 N–H and O–H groups in total. The lowest BCUT2D eigenvalue weighted by atomic mass is 9.87. The minimum Gasteiger partial charge on any atom is -0.356 e. The van der Waals surface area contributed by atoms with Crippen LogP contribution in [0.2, 0.25) is 0 Å². The molecule has 2 heterocycles. The average Bonchev–Trinajstić information content (AvgIpc) is 3.57. The Morgan fingerprint density at radius 3 is 2.53 bits per heavy atom. The van der Waals surface area contributed by atoms with E-state index in [1.165, 1.54) is 11.1 Å². The van der Waals surface area contributed by atoms with Crippen molar-refractivity contribution < 1.29 is 19.2 Å². The Bertz CT molecular complexity index is 1370. The Hall–Kier alpha value is -3.72. The fourth-order valence-electron chi connectivity index (χ4n) is 7.31. The molecule has 0 aromatic heterocycles. The summed E-state index contributed by atoms with van der Waals surface area (Å²) in [5, 5.41) is 9.37. The molecule has 5 rings (SSSR count). The molecule has 254 valence electrons. The molecule has 2 aromatic rings. The number of carbonyl (C=O) groups is 4. The van der Waals surface area contributed by atoms with Gasteiger partial charge in [0.15, 0.2) is 0 Å². The zero-order valence-electron chi connectivity index (χ0n) is 28.2. The van der Waals surface area contributed by atoms with Gasteiger partial charge in [-0.1, -0.05) is 68.4 Å². The lowest BCUT2D eigenvalue weighted by molar-refractivity contribution is -0.148. The molecule has 0 spiro atoms. The minimum absolute atomic E-state index is 0.00966. The van der Waals surface area contributed by atoms with Crippen molar-refractivity contribution in [3.63, 3.8) is 0 Å². The number of rotatable bonds is 14. The molecule has 0 bridgehead atoms. The van der Waals surface area contributed by atoms with Crippen LogP contribution in [-0.4, -0.2) is 77.7 Å². The van der Waals surface area contributed by atoms with Gasteiger partial charge in [-0.2, -0.15) is 0 Å². The van der Waals surface area contributed by atoms with E-state index in [2.05, 4.69) is 33.0 Å². The minimum atomic E-state index is -0.719. The van der Waals surface area contributed by atoms with Crippen LogP contribution in [0.5, 0.6) is 0 Å². The number of aryl methyl sites for hydroxylation is 2. The molecular formula is C38H53N5O4. The second-order valence-corrected chi connectivity index (χ2v) is 13.7. The highest BCUT2D eigenvalue weighted by atomic mass is 16.2. The number of unbranched alkanes of at least 4 members (excludes halogenated alkanes) is 1. The molecule has 0 unspecified atom stereocenters. The van der Waals surface area contributed by atoms with Crippen LogP contribution < -0.4 is 16.0 Å². The quantitative estimate of drug-likeness (QED) is 0.266. The molecule has 47 heavy (non-hydrogen) atoms. The number of nitrogens with one attached hydrogen (secondary N) is 3. The third-order valence-corrected chi connectivity index (χ3v) is 10.4. The van der Waals surface area contributed by atoms with Gasteiger partial charge in [0.25, 0.3) is 0 Å². The van der Waals surface area contributed by atoms with Crippen LogP contribution in [0.3, 0.4) is 0 Å². The van der Waals surface area contributed by atoms with Crippen molar-refractivity contribution in [2.24, 2.45) is 5.92 Å². The lowest BCUT2D eigenvalue weighted by Gasteiger charge is -2.44. The van der Waals surface area contributed by atoms with Gasteiger partial charge in [-0.15, -0.1) is 0 Å². The zero-order valence-corrected chi connectivity index (χ0v) is 28.2. The van der Waals surface area contributed by atoms with Crippen molar-refractivity contribution in [1.82, 2.24) is 25.8 Å². The van der Waals surface area contributed by atoms with E-state index >= 15 is 0 Å². The molecular weight excluding hydrogens is 590 g/mol. The number of benzene rings is 2. The van der Waals surface area contributed by atoms with Gasteiger partial charge >= 0.3 is 0 Å². The zero-order chi connectivity index (χ0) is 33.2. The Morgan fingerprint density at radius 2 is 1.72 bits per heavy atom. The maximum Gasteiger partial charge on any atom is 0.245 e. The summed E-state index contributed by atoms with van der Waals surface area (Å²) in [5.41, 5.74) is 3.58. The first kappa shape index (κ1) is 34.6. The highest BCUT2D eigenvalue weighted by Gasteiger charge is 2.44. The first-order valence-corrected chi connectivity index (χ1v) is 17.9. The Kier molecular flexibility index (Phi) is 12.4. The summed E-state index contributed by atoms with van der Waals surface area (Å²) < 4.78 is 0. The number of amides is 4. The van der Waals surface area contributed by atoms with Gasteiger partial charge in [0.2, 0.25) is 23.6 Å². The molecule has 2 saturated heterocycles. The first-order chi connectivity index (χ1) is 22.8. The van der Waals surface area contributed by atoms with Crippen LogP contribution in [0.15, 0.2) is 54.6 Å². The first-order valence-electron chi connectivity index (χ1n) is 17.9. The van der Waals surface area contributed by atoms with Crippen LogP contribution in [0, 0.1) is 5.92 Å². The molecule has 1 aliphatic carbocycles. The standard InChI is InChI=1S/C38H53N5O4/c1-3-27(2)36(45)41-33(19-9-10-23-39-35(44)22-21-28-13-5-4-6-14-28)38(47)43-25-30-17-12-24-42(30)26-34(43)37(46)40-32-20-11-16-29-15-7-8-18-31(29)32/h4-8,13-15,18,27,30,32-34H,3,9-12,16-17,19-26H2,1-2H3,(H,39,44)(H,40,46)(H,41,45)/t27-,30-,32-,33+,34+/m1/s1. The van der Waals surface area contributed by atoms with Gasteiger partial charge in [0, 0.05) is 38.0 Å². The molecule has 4 amide bonds. The van der Waals surface area contributed by atoms with E-state index in [-0.39, 0.29) is 41.6 Å². The second kappa shape index (κ2) is 16.9. The molecule has 2 aliphatic heterocycles. The van der Waals surface area contributed by atoms with Crippen LogP contribution in [0.1, 0.15) is 94.4 Å². The lowest BCUT2D eigenvalue weighted by Crippen LogP contribution is -2.65. The van der Waals surface area contributed by atoms with Crippen molar-refractivity contribution in [3.8, 4) is 0 Å². The number of hydrogen-bond acceptors (Lipinski definition) is 5. The Labute approximate surface area is 280 Å². The van der Waals surface area contributed by atoms with Gasteiger partial charge in [-0.3, -0.25) is 24.1 Å². The molecule has 2 aromatic carbocycles. The molecule has 5 atom stereocenters. The predicted octanol–water partition coefficient (Wildman–Crippen LogP) is 4.31. The van der Waals surface area contributed by atoms with Gasteiger partial charge in [0.1, 0.15) is 12.1 Å². The summed E-state index contributed by atoms with van der Waals surface area (Å²) in [6.45, 7) is 6.29. The summed E-state index contributed by atoms with van der Waals surface area (Å²) in [4.78, 5) is 58.0. The van der Waals surface area contributed by atoms with Crippen LogP contribution in [0.4, 0.5) is 0 Å². The summed E-state index contributed by atoms with van der Waals surface area (Å²) in [5.74, 6) is -0.638. The molecule has 3 aliphatic rings.